The van der Waals surface area contributed by atoms with E-state index in [1.54, 1.807) is 0 Å². The molecule has 0 aliphatic carbocycles. The first kappa shape index (κ1) is 19.6. The summed E-state index contributed by atoms with van der Waals surface area (Å²) < 4.78 is 10.3. The summed E-state index contributed by atoms with van der Waals surface area (Å²) in [5.41, 5.74) is 1.65. The lowest BCUT2D eigenvalue weighted by Gasteiger charge is -2.21. The maximum absolute atomic E-state index is 12.8. The molecule has 0 saturated carbocycles. The predicted molar refractivity (Wildman–Crippen MR) is 108 cm³/mol. The Labute approximate surface area is 164 Å². The molecular weight excluding hydrogens is 354 g/mol. The van der Waals surface area contributed by atoms with Gasteiger partial charge in [0.1, 0.15) is 6.04 Å². The van der Waals surface area contributed by atoms with Gasteiger partial charge in [-0.15, -0.1) is 0 Å². The van der Waals surface area contributed by atoms with Crippen LogP contribution in [-0.4, -0.2) is 32.1 Å². The Morgan fingerprint density at radius 2 is 1.57 bits per heavy atom. The summed E-state index contributed by atoms with van der Waals surface area (Å²) in [6, 6.07) is 22.3. The number of hydrogen-bond donors (Lipinski definition) is 1. The summed E-state index contributed by atoms with van der Waals surface area (Å²) in [4.78, 5) is 25.0. The molecular formula is C23H23NO4. The lowest BCUT2D eigenvalue weighted by atomic mass is 10.0. The molecule has 0 bridgehead atoms. The molecule has 2 atom stereocenters. The van der Waals surface area contributed by atoms with E-state index in [0.29, 0.717) is 6.42 Å². The number of carbonyl (C=O) groups is 2. The van der Waals surface area contributed by atoms with E-state index in [0.717, 1.165) is 21.9 Å². The normalized spacial score (nSPS) is 12.9. The number of amides is 1. The molecule has 3 rings (SSSR count). The maximum atomic E-state index is 12.8. The molecule has 0 saturated heterocycles. The molecule has 0 aliphatic heterocycles. The molecule has 1 N–H and O–H groups in total. The third kappa shape index (κ3) is 4.56. The van der Waals surface area contributed by atoms with Gasteiger partial charge in [0.2, 0.25) is 0 Å². The number of carbonyl (C=O) groups excluding carboxylic acids is 2. The average molecular weight is 377 g/mol. The topological polar surface area (TPSA) is 64.6 Å². The molecule has 0 aromatic heterocycles. The first-order valence-electron chi connectivity index (χ1n) is 9.06. The molecule has 0 radical (unpaired) electrons. The van der Waals surface area contributed by atoms with Gasteiger partial charge in [-0.3, -0.25) is 4.79 Å². The minimum atomic E-state index is -0.806. The summed E-state index contributed by atoms with van der Waals surface area (Å²) in [7, 11) is 2.78. The third-order valence-corrected chi connectivity index (χ3v) is 4.63. The van der Waals surface area contributed by atoms with Gasteiger partial charge >= 0.3 is 5.97 Å². The summed E-state index contributed by atoms with van der Waals surface area (Å²) >= 11 is 0. The number of ether oxygens (including phenoxy) is 2. The minimum Gasteiger partial charge on any atom is -0.467 e. The number of esters is 1. The van der Waals surface area contributed by atoms with Crippen molar-refractivity contribution >= 4 is 22.6 Å². The Kier molecular flexibility index (Phi) is 6.40. The predicted octanol–water partition coefficient (Wildman–Crippen LogP) is 3.43. The number of fused-ring (bicyclic) bond motifs is 1. The highest BCUT2D eigenvalue weighted by Gasteiger charge is 2.27. The summed E-state index contributed by atoms with van der Waals surface area (Å²) in [5, 5.41) is 4.97. The molecule has 1 amide bonds. The van der Waals surface area contributed by atoms with Crippen molar-refractivity contribution in [3.63, 3.8) is 0 Å². The van der Waals surface area contributed by atoms with E-state index in [4.69, 9.17) is 9.47 Å². The average Bonchev–Trinajstić information content (AvgIpc) is 2.74. The Bertz CT molecular complexity index is 955. The van der Waals surface area contributed by atoms with Crippen LogP contribution in [0.25, 0.3) is 10.8 Å². The summed E-state index contributed by atoms with van der Waals surface area (Å²) in [6.45, 7) is 0. The van der Waals surface area contributed by atoms with Crippen molar-refractivity contribution in [2.45, 2.75) is 18.6 Å². The van der Waals surface area contributed by atoms with Gasteiger partial charge in [0.25, 0.3) is 5.91 Å². The Morgan fingerprint density at radius 1 is 0.893 bits per heavy atom. The van der Waals surface area contributed by atoms with Crippen LogP contribution in [0.3, 0.4) is 0 Å². The molecule has 144 valence electrons. The van der Waals surface area contributed by atoms with Gasteiger partial charge in [-0.1, -0.05) is 72.8 Å². The Morgan fingerprint density at radius 3 is 2.25 bits per heavy atom. The number of hydrogen-bond acceptors (Lipinski definition) is 4. The van der Waals surface area contributed by atoms with Gasteiger partial charge in [0.05, 0.1) is 7.11 Å². The molecule has 28 heavy (non-hydrogen) atoms. The molecule has 5 heteroatoms. The van der Waals surface area contributed by atoms with Crippen molar-refractivity contribution in [1.82, 2.24) is 5.32 Å². The quantitative estimate of drug-likeness (QED) is 0.641. The van der Waals surface area contributed by atoms with E-state index < -0.39 is 18.1 Å². The van der Waals surface area contributed by atoms with Crippen LogP contribution in [0.15, 0.2) is 72.8 Å². The van der Waals surface area contributed by atoms with Crippen molar-refractivity contribution in [3.05, 3.63) is 83.9 Å². The Balaban J connectivity index is 1.79. The molecule has 5 nitrogen and oxygen atoms in total. The smallest absolute Gasteiger partial charge is 0.328 e. The van der Waals surface area contributed by atoms with Crippen molar-refractivity contribution in [2.24, 2.45) is 0 Å². The van der Waals surface area contributed by atoms with Crippen LogP contribution < -0.4 is 5.32 Å². The SMILES string of the molecule is COC(=O)[C@@H](Cc1ccc2ccccc2c1)NC(=O)[C@H](OC)c1ccccc1. The van der Waals surface area contributed by atoms with Crippen LogP contribution in [0.4, 0.5) is 0 Å². The van der Waals surface area contributed by atoms with Crippen molar-refractivity contribution in [2.75, 3.05) is 14.2 Å². The number of benzene rings is 3. The molecule has 0 aliphatic rings. The van der Waals surface area contributed by atoms with Gasteiger partial charge in [-0.25, -0.2) is 4.79 Å². The molecule has 3 aromatic carbocycles. The molecule has 0 spiro atoms. The van der Waals surface area contributed by atoms with Gasteiger partial charge in [-0.05, 0) is 21.9 Å². The standard InChI is InChI=1S/C23H23NO4/c1-27-21(18-9-4-3-5-10-18)22(25)24-20(23(26)28-2)15-16-12-13-17-8-6-7-11-19(17)14-16/h3-14,20-21H,15H2,1-2H3,(H,24,25)/t20-,21-/m1/s1. The van der Waals surface area contributed by atoms with Crippen LogP contribution in [-0.2, 0) is 25.5 Å². The van der Waals surface area contributed by atoms with E-state index in [-0.39, 0.29) is 5.91 Å². The second-order valence-electron chi connectivity index (χ2n) is 6.50. The summed E-state index contributed by atoms with van der Waals surface area (Å²) in [5.74, 6) is -0.880. The third-order valence-electron chi connectivity index (χ3n) is 4.63. The minimum absolute atomic E-state index is 0.328. The van der Waals surface area contributed by atoms with Crippen molar-refractivity contribution < 1.29 is 19.1 Å². The molecule has 0 heterocycles. The zero-order valence-electron chi connectivity index (χ0n) is 15.9. The van der Waals surface area contributed by atoms with E-state index in [2.05, 4.69) is 5.32 Å². The van der Waals surface area contributed by atoms with E-state index in [9.17, 15) is 9.59 Å². The fourth-order valence-electron chi connectivity index (χ4n) is 3.21. The van der Waals surface area contributed by atoms with Gasteiger partial charge in [0.15, 0.2) is 6.10 Å². The van der Waals surface area contributed by atoms with E-state index >= 15 is 0 Å². The zero-order chi connectivity index (χ0) is 19.9. The summed E-state index contributed by atoms with van der Waals surface area (Å²) in [6.07, 6.45) is -0.473. The molecule has 0 fully saturated rings. The van der Waals surface area contributed by atoms with Crippen molar-refractivity contribution in [3.8, 4) is 0 Å². The fourth-order valence-corrected chi connectivity index (χ4v) is 3.21. The van der Waals surface area contributed by atoms with Gasteiger partial charge < -0.3 is 14.8 Å². The fraction of sp³-hybridized carbons (Fsp3) is 0.217. The highest BCUT2D eigenvalue weighted by Crippen LogP contribution is 2.19. The lowest BCUT2D eigenvalue weighted by molar-refractivity contribution is -0.146. The number of methoxy groups -OCH3 is 2. The van der Waals surface area contributed by atoms with Crippen molar-refractivity contribution in [1.29, 1.82) is 0 Å². The van der Waals surface area contributed by atoms with Crippen LogP contribution >= 0.6 is 0 Å². The van der Waals surface area contributed by atoms with Crippen LogP contribution in [0.1, 0.15) is 17.2 Å². The highest BCUT2D eigenvalue weighted by molar-refractivity contribution is 5.88. The van der Waals surface area contributed by atoms with Gasteiger partial charge in [0, 0.05) is 13.5 Å². The second kappa shape index (κ2) is 9.15. The van der Waals surface area contributed by atoms with Crippen LogP contribution in [0.5, 0.6) is 0 Å². The number of rotatable bonds is 7. The maximum Gasteiger partial charge on any atom is 0.328 e. The zero-order valence-corrected chi connectivity index (χ0v) is 15.9. The molecule has 3 aromatic rings. The van der Waals surface area contributed by atoms with E-state index in [1.807, 2.05) is 72.8 Å². The van der Waals surface area contributed by atoms with Crippen LogP contribution in [0, 0.1) is 0 Å². The largest absolute Gasteiger partial charge is 0.467 e. The lowest BCUT2D eigenvalue weighted by Crippen LogP contribution is -2.45. The van der Waals surface area contributed by atoms with Crippen LogP contribution in [0.2, 0.25) is 0 Å². The van der Waals surface area contributed by atoms with Gasteiger partial charge in [-0.2, -0.15) is 0 Å². The first-order chi connectivity index (χ1) is 13.6. The Hall–Kier alpha value is -3.18. The first-order valence-corrected chi connectivity index (χ1v) is 9.06. The second-order valence-corrected chi connectivity index (χ2v) is 6.50. The molecule has 0 unspecified atom stereocenters. The number of nitrogens with one attached hydrogen (secondary N) is 1. The van der Waals surface area contributed by atoms with E-state index in [1.165, 1.54) is 14.2 Å². The highest BCUT2D eigenvalue weighted by atomic mass is 16.5. The monoisotopic (exact) mass is 377 g/mol.